The Morgan fingerprint density at radius 3 is 2.62 bits per heavy atom. The van der Waals surface area contributed by atoms with E-state index in [4.69, 9.17) is 4.74 Å². The Kier molecular flexibility index (Phi) is 1.91. The molecule has 0 saturated heterocycles. The fourth-order valence-corrected chi connectivity index (χ4v) is 1.93. The van der Waals surface area contributed by atoms with Crippen molar-refractivity contribution < 1.29 is 17.9 Å². The van der Waals surface area contributed by atoms with Crippen LogP contribution in [0.2, 0.25) is 0 Å². The average molecular weight is 192 g/mol. The second kappa shape index (κ2) is 2.74. The average Bonchev–Trinajstić information content (AvgIpc) is 2.65. The number of hydrogen-bond donors (Lipinski definition) is 0. The van der Waals surface area contributed by atoms with Crippen LogP contribution in [-0.4, -0.2) is 18.9 Å². The quantitative estimate of drug-likeness (QED) is 0.536. The van der Waals surface area contributed by atoms with Gasteiger partial charge in [0, 0.05) is 6.42 Å². The Morgan fingerprint density at radius 1 is 1.31 bits per heavy atom. The lowest BCUT2D eigenvalue weighted by Gasteiger charge is -2.19. The van der Waals surface area contributed by atoms with Crippen LogP contribution >= 0.6 is 0 Å². The molecule has 2 unspecified atom stereocenters. The number of halogens is 3. The zero-order valence-corrected chi connectivity index (χ0v) is 7.32. The third kappa shape index (κ3) is 1.59. The van der Waals surface area contributed by atoms with Gasteiger partial charge in [0.1, 0.15) is 0 Å². The highest BCUT2D eigenvalue weighted by Gasteiger charge is 2.46. The fraction of sp³-hybridized carbons (Fsp3) is 0.778. The topological polar surface area (TPSA) is 9.23 Å². The zero-order chi connectivity index (χ0) is 9.64. The summed E-state index contributed by atoms with van der Waals surface area (Å²) in [5, 5.41) is 0. The zero-order valence-electron chi connectivity index (χ0n) is 7.32. The van der Waals surface area contributed by atoms with Gasteiger partial charge in [-0.15, -0.1) is 0 Å². The number of hydrogen-bond acceptors (Lipinski definition) is 1. The van der Waals surface area contributed by atoms with E-state index in [-0.39, 0.29) is 13.0 Å². The molecular formula is C9H11F3O. The molecule has 0 aromatic carbocycles. The van der Waals surface area contributed by atoms with E-state index >= 15 is 0 Å². The van der Waals surface area contributed by atoms with E-state index in [0.29, 0.717) is 12.3 Å². The van der Waals surface area contributed by atoms with Gasteiger partial charge in [-0.2, -0.15) is 13.2 Å². The van der Waals surface area contributed by atoms with E-state index in [9.17, 15) is 13.2 Å². The predicted molar refractivity (Wildman–Crippen MR) is 41.2 cm³/mol. The first-order valence-corrected chi connectivity index (χ1v) is 4.40. The molecule has 0 aromatic heterocycles. The Balaban J connectivity index is 2.05. The Morgan fingerprint density at radius 2 is 2.00 bits per heavy atom. The SMILES string of the molecule is CC1C2=C1CC(C(F)(F)F)OCC2. The molecule has 2 rings (SSSR count). The molecule has 0 amide bonds. The summed E-state index contributed by atoms with van der Waals surface area (Å²) in [6.07, 6.45) is -5.03. The summed E-state index contributed by atoms with van der Waals surface area (Å²) in [5.41, 5.74) is 2.16. The standard InChI is InChI=1S/C9H11F3O/c1-5-6-2-3-13-8(4-7(5)6)9(10,11)12/h5,8H,2-4H2,1H3. The first kappa shape index (κ1) is 9.06. The van der Waals surface area contributed by atoms with Crippen LogP contribution in [0.15, 0.2) is 11.1 Å². The van der Waals surface area contributed by atoms with E-state index in [1.807, 2.05) is 6.92 Å². The van der Waals surface area contributed by atoms with Crippen molar-refractivity contribution in [1.29, 1.82) is 0 Å². The second-order valence-corrected chi connectivity index (χ2v) is 3.63. The van der Waals surface area contributed by atoms with Crippen LogP contribution in [0.4, 0.5) is 13.2 Å². The van der Waals surface area contributed by atoms with Crippen LogP contribution in [0.5, 0.6) is 0 Å². The molecule has 0 radical (unpaired) electrons. The summed E-state index contributed by atoms with van der Waals surface area (Å²) < 4.78 is 41.6. The summed E-state index contributed by atoms with van der Waals surface area (Å²) in [7, 11) is 0. The van der Waals surface area contributed by atoms with Gasteiger partial charge in [0.25, 0.3) is 0 Å². The van der Waals surface area contributed by atoms with E-state index in [1.165, 1.54) is 5.57 Å². The Bertz CT molecular complexity index is 254. The molecule has 1 nitrogen and oxygen atoms in total. The van der Waals surface area contributed by atoms with Gasteiger partial charge in [-0.05, 0) is 12.3 Å². The molecule has 0 N–H and O–H groups in total. The number of rotatable bonds is 0. The van der Waals surface area contributed by atoms with E-state index < -0.39 is 12.3 Å². The molecule has 2 atom stereocenters. The first-order chi connectivity index (χ1) is 6.00. The van der Waals surface area contributed by atoms with Crippen molar-refractivity contribution in [1.82, 2.24) is 0 Å². The van der Waals surface area contributed by atoms with Crippen molar-refractivity contribution in [2.45, 2.75) is 32.0 Å². The molecule has 0 aromatic rings. The molecule has 0 spiro atoms. The fourth-order valence-electron chi connectivity index (χ4n) is 1.93. The van der Waals surface area contributed by atoms with Crippen LogP contribution in [-0.2, 0) is 4.74 Å². The van der Waals surface area contributed by atoms with Crippen molar-refractivity contribution in [3.63, 3.8) is 0 Å². The molecule has 0 fully saturated rings. The van der Waals surface area contributed by atoms with Crippen LogP contribution in [0.1, 0.15) is 19.8 Å². The minimum atomic E-state index is -4.20. The maximum Gasteiger partial charge on any atom is 0.414 e. The Hall–Kier alpha value is -0.510. The molecule has 0 saturated carbocycles. The van der Waals surface area contributed by atoms with E-state index in [0.717, 1.165) is 5.57 Å². The van der Waals surface area contributed by atoms with Crippen LogP contribution in [0, 0.1) is 5.92 Å². The largest absolute Gasteiger partial charge is 0.414 e. The predicted octanol–water partition coefficient (Wildman–Crippen LogP) is 2.67. The second-order valence-electron chi connectivity index (χ2n) is 3.63. The van der Waals surface area contributed by atoms with Gasteiger partial charge >= 0.3 is 6.18 Å². The lowest BCUT2D eigenvalue weighted by atomic mass is 10.1. The third-order valence-electron chi connectivity index (χ3n) is 2.84. The normalized spacial score (nSPS) is 34.2. The number of alkyl halides is 3. The number of ether oxygens (including phenoxy) is 1. The molecule has 4 heteroatoms. The van der Waals surface area contributed by atoms with Gasteiger partial charge in [-0.25, -0.2) is 0 Å². The Labute approximate surface area is 74.6 Å². The molecule has 13 heavy (non-hydrogen) atoms. The van der Waals surface area contributed by atoms with Crippen LogP contribution in [0.3, 0.4) is 0 Å². The molecule has 1 heterocycles. The molecule has 74 valence electrons. The monoisotopic (exact) mass is 192 g/mol. The highest BCUT2D eigenvalue weighted by molar-refractivity contribution is 5.41. The highest BCUT2D eigenvalue weighted by Crippen LogP contribution is 2.48. The van der Waals surface area contributed by atoms with Gasteiger partial charge in [0.2, 0.25) is 0 Å². The van der Waals surface area contributed by atoms with E-state index in [2.05, 4.69) is 0 Å². The summed E-state index contributed by atoms with van der Waals surface area (Å²) in [4.78, 5) is 0. The van der Waals surface area contributed by atoms with Gasteiger partial charge < -0.3 is 4.74 Å². The van der Waals surface area contributed by atoms with Crippen LogP contribution in [0.25, 0.3) is 0 Å². The van der Waals surface area contributed by atoms with E-state index in [1.54, 1.807) is 0 Å². The minimum absolute atomic E-state index is 0.0556. The summed E-state index contributed by atoms with van der Waals surface area (Å²) >= 11 is 0. The maximum absolute atomic E-state index is 12.3. The molecule has 1 aliphatic heterocycles. The molecule has 2 aliphatic rings. The lowest BCUT2D eigenvalue weighted by molar-refractivity contribution is -0.218. The molecule has 1 aliphatic carbocycles. The van der Waals surface area contributed by atoms with Crippen molar-refractivity contribution >= 4 is 0 Å². The third-order valence-corrected chi connectivity index (χ3v) is 2.84. The smallest absolute Gasteiger partial charge is 0.368 e. The van der Waals surface area contributed by atoms with Gasteiger partial charge in [0.15, 0.2) is 6.10 Å². The van der Waals surface area contributed by atoms with Crippen molar-refractivity contribution in [3.8, 4) is 0 Å². The molecule has 0 bridgehead atoms. The lowest BCUT2D eigenvalue weighted by Crippen LogP contribution is -2.31. The summed E-state index contributed by atoms with van der Waals surface area (Å²) in [6, 6.07) is 0. The van der Waals surface area contributed by atoms with Crippen molar-refractivity contribution in [3.05, 3.63) is 11.1 Å². The van der Waals surface area contributed by atoms with Crippen LogP contribution < -0.4 is 0 Å². The summed E-state index contributed by atoms with van der Waals surface area (Å²) in [5.74, 6) is 0.314. The maximum atomic E-state index is 12.3. The van der Waals surface area contributed by atoms with Gasteiger partial charge in [-0.3, -0.25) is 0 Å². The highest BCUT2D eigenvalue weighted by atomic mass is 19.4. The van der Waals surface area contributed by atoms with Gasteiger partial charge in [-0.1, -0.05) is 18.1 Å². The molecular weight excluding hydrogens is 181 g/mol. The van der Waals surface area contributed by atoms with Gasteiger partial charge in [0.05, 0.1) is 6.61 Å². The minimum Gasteiger partial charge on any atom is -0.368 e. The van der Waals surface area contributed by atoms with Crippen molar-refractivity contribution in [2.75, 3.05) is 6.61 Å². The summed E-state index contributed by atoms with van der Waals surface area (Å²) in [6.45, 7) is 2.18. The first-order valence-electron chi connectivity index (χ1n) is 4.40. The van der Waals surface area contributed by atoms with Crippen molar-refractivity contribution in [2.24, 2.45) is 5.92 Å².